The second-order valence-electron chi connectivity index (χ2n) is 6.30. The predicted molar refractivity (Wildman–Crippen MR) is 91.3 cm³/mol. The van der Waals surface area contributed by atoms with Gasteiger partial charge < -0.3 is 9.72 Å². The van der Waals surface area contributed by atoms with Crippen LogP contribution in [0.1, 0.15) is 37.4 Å². The smallest absolute Gasteiger partial charge is 0.318 e. The maximum absolute atomic E-state index is 12.6. The van der Waals surface area contributed by atoms with E-state index in [4.69, 9.17) is 21.3 Å². The molecule has 0 atom stereocenters. The Bertz CT molecular complexity index is 818. The van der Waals surface area contributed by atoms with Gasteiger partial charge in [0.05, 0.1) is 18.0 Å². The van der Waals surface area contributed by atoms with Gasteiger partial charge in [-0.3, -0.25) is 9.79 Å². The normalized spacial score (nSPS) is 19.0. The quantitative estimate of drug-likeness (QED) is 0.868. The summed E-state index contributed by atoms with van der Waals surface area (Å²) in [5, 5.41) is 1.87. The Morgan fingerprint density at radius 3 is 2.96 bits per heavy atom. The van der Waals surface area contributed by atoms with Crippen molar-refractivity contribution in [1.82, 2.24) is 4.98 Å². The second-order valence-corrected chi connectivity index (χ2v) is 6.74. The fraction of sp³-hybridized carbons (Fsp3) is 0.444. The Labute approximate surface area is 139 Å². The van der Waals surface area contributed by atoms with Crippen LogP contribution in [0.3, 0.4) is 0 Å². The molecule has 4 nitrogen and oxygen atoms in total. The van der Waals surface area contributed by atoms with Crippen LogP contribution in [-0.4, -0.2) is 29.8 Å². The summed E-state index contributed by atoms with van der Waals surface area (Å²) >= 11 is 6.16. The molecule has 2 aliphatic rings. The van der Waals surface area contributed by atoms with Crippen molar-refractivity contribution in [2.75, 3.05) is 13.2 Å². The number of H-pyrrole nitrogens is 1. The van der Waals surface area contributed by atoms with Gasteiger partial charge in [-0.05, 0) is 49.9 Å². The number of hydrogen-bond acceptors (Lipinski definition) is 3. The molecule has 1 aromatic carbocycles. The largest absolute Gasteiger partial charge is 0.465 e. The predicted octanol–water partition coefficient (Wildman–Crippen LogP) is 3.90. The molecule has 1 saturated carbocycles. The first-order valence-corrected chi connectivity index (χ1v) is 8.56. The van der Waals surface area contributed by atoms with Crippen molar-refractivity contribution in [1.29, 1.82) is 0 Å². The van der Waals surface area contributed by atoms with Gasteiger partial charge in [-0.1, -0.05) is 18.0 Å². The van der Waals surface area contributed by atoms with Crippen LogP contribution in [0.5, 0.6) is 0 Å². The summed E-state index contributed by atoms with van der Waals surface area (Å²) in [4.78, 5) is 20.8. The topological polar surface area (TPSA) is 54.4 Å². The number of esters is 1. The zero-order valence-corrected chi connectivity index (χ0v) is 13.9. The minimum absolute atomic E-state index is 0.130. The third-order valence-electron chi connectivity index (χ3n) is 5.06. The zero-order valence-electron chi connectivity index (χ0n) is 13.1. The van der Waals surface area contributed by atoms with E-state index >= 15 is 0 Å². The SMILES string of the molecule is CCOC(=O)C1(C2=NCCc3c2[nH]c2ccc(Cl)cc32)CCC1. The first kappa shape index (κ1) is 14.8. The molecular weight excluding hydrogens is 312 g/mol. The molecule has 0 amide bonds. The Morgan fingerprint density at radius 1 is 1.43 bits per heavy atom. The van der Waals surface area contributed by atoms with E-state index in [0.29, 0.717) is 13.2 Å². The molecule has 2 aromatic rings. The van der Waals surface area contributed by atoms with E-state index < -0.39 is 5.41 Å². The Kier molecular flexibility index (Phi) is 3.45. The van der Waals surface area contributed by atoms with Crippen LogP contribution in [0.2, 0.25) is 5.02 Å². The summed E-state index contributed by atoms with van der Waals surface area (Å²) < 4.78 is 5.36. The fourth-order valence-corrected chi connectivity index (χ4v) is 3.94. The molecule has 0 spiro atoms. The van der Waals surface area contributed by atoms with Crippen LogP contribution in [0.15, 0.2) is 23.2 Å². The highest BCUT2D eigenvalue weighted by atomic mass is 35.5. The van der Waals surface area contributed by atoms with Crippen molar-refractivity contribution in [3.8, 4) is 0 Å². The lowest BCUT2D eigenvalue weighted by atomic mass is 9.64. The lowest BCUT2D eigenvalue weighted by molar-refractivity contribution is -0.155. The highest BCUT2D eigenvalue weighted by Gasteiger charge is 2.51. The summed E-state index contributed by atoms with van der Waals surface area (Å²) in [6, 6.07) is 5.87. The number of hydrogen-bond donors (Lipinski definition) is 1. The summed E-state index contributed by atoms with van der Waals surface area (Å²) in [5.41, 5.74) is 3.60. The van der Waals surface area contributed by atoms with Crippen LogP contribution in [-0.2, 0) is 16.0 Å². The van der Waals surface area contributed by atoms with Crippen molar-refractivity contribution >= 4 is 34.2 Å². The number of ether oxygens (including phenoxy) is 1. The molecule has 0 bridgehead atoms. The average molecular weight is 331 g/mol. The monoisotopic (exact) mass is 330 g/mol. The van der Waals surface area contributed by atoms with Crippen molar-refractivity contribution in [2.45, 2.75) is 32.6 Å². The number of nitrogens with one attached hydrogen (secondary N) is 1. The summed E-state index contributed by atoms with van der Waals surface area (Å²) in [6.45, 7) is 2.97. The Hall–Kier alpha value is -1.81. The molecule has 2 heterocycles. The van der Waals surface area contributed by atoms with E-state index in [0.717, 1.165) is 53.0 Å². The van der Waals surface area contributed by atoms with Crippen LogP contribution in [0, 0.1) is 5.41 Å². The molecule has 0 saturated heterocycles. The standard InChI is InChI=1S/C18H19ClN2O2/c1-2-23-17(22)18(7-3-8-18)16-15-12(6-9-20-16)13-10-11(19)4-5-14(13)21-15/h4-5,10,21H,2-3,6-9H2,1H3. The van der Waals surface area contributed by atoms with Crippen molar-refractivity contribution < 1.29 is 9.53 Å². The van der Waals surface area contributed by atoms with Gasteiger partial charge >= 0.3 is 5.97 Å². The van der Waals surface area contributed by atoms with Crippen molar-refractivity contribution in [3.63, 3.8) is 0 Å². The highest BCUT2D eigenvalue weighted by molar-refractivity contribution is 6.31. The molecule has 1 aliphatic heterocycles. The van der Waals surface area contributed by atoms with E-state index in [1.54, 1.807) is 0 Å². The van der Waals surface area contributed by atoms with Gasteiger partial charge in [-0.2, -0.15) is 0 Å². The molecular formula is C18H19ClN2O2. The summed E-state index contributed by atoms with van der Waals surface area (Å²) in [5.74, 6) is -0.130. The van der Waals surface area contributed by atoms with Gasteiger partial charge in [-0.15, -0.1) is 0 Å². The van der Waals surface area contributed by atoms with Crippen molar-refractivity contribution in [3.05, 3.63) is 34.5 Å². The lowest BCUT2D eigenvalue weighted by Gasteiger charge is -2.41. The first-order chi connectivity index (χ1) is 11.2. The maximum atomic E-state index is 12.6. The number of aliphatic imine (C=N–C) groups is 1. The number of aromatic nitrogens is 1. The molecule has 1 aliphatic carbocycles. The number of carbonyl (C=O) groups is 1. The molecule has 1 fully saturated rings. The molecule has 4 rings (SSSR count). The van der Waals surface area contributed by atoms with Crippen LogP contribution in [0.25, 0.3) is 10.9 Å². The molecule has 0 unspecified atom stereocenters. The van der Waals surface area contributed by atoms with Crippen LogP contribution >= 0.6 is 11.6 Å². The van der Waals surface area contributed by atoms with E-state index in [9.17, 15) is 4.79 Å². The third-order valence-corrected chi connectivity index (χ3v) is 5.30. The van der Waals surface area contributed by atoms with Gasteiger partial charge in [0, 0.05) is 22.5 Å². The number of nitrogens with zero attached hydrogens (tertiary/aromatic N) is 1. The van der Waals surface area contributed by atoms with Gasteiger partial charge in [-0.25, -0.2) is 0 Å². The van der Waals surface area contributed by atoms with Crippen molar-refractivity contribution in [2.24, 2.45) is 10.4 Å². The number of benzene rings is 1. The zero-order chi connectivity index (χ0) is 16.0. The minimum atomic E-state index is -0.560. The third kappa shape index (κ3) is 2.12. The fourth-order valence-electron chi connectivity index (χ4n) is 3.77. The second kappa shape index (κ2) is 5.38. The highest BCUT2D eigenvalue weighted by Crippen LogP contribution is 2.47. The molecule has 0 radical (unpaired) electrons. The van der Waals surface area contributed by atoms with E-state index in [2.05, 4.69) is 4.98 Å². The van der Waals surface area contributed by atoms with Crippen LogP contribution < -0.4 is 0 Å². The van der Waals surface area contributed by atoms with E-state index in [-0.39, 0.29) is 5.97 Å². The van der Waals surface area contributed by atoms with Crippen LogP contribution in [0.4, 0.5) is 0 Å². The maximum Gasteiger partial charge on any atom is 0.318 e. The Balaban J connectivity index is 1.84. The summed E-state index contributed by atoms with van der Waals surface area (Å²) in [6.07, 6.45) is 3.55. The average Bonchev–Trinajstić information content (AvgIpc) is 2.85. The molecule has 1 N–H and O–H groups in total. The number of halogens is 1. The van der Waals surface area contributed by atoms with Gasteiger partial charge in [0.2, 0.25) is 0 Å². The number of carbonyl (C=O) groups excluding carboxylic acids is 1. The number of rotatable bonds is 3. The van der Waals surface area contributed by atoms with E-state index in [1.807, 2.05) is 25.1 Å². The van der Waals surface area contributed by atoms with Gasteiger partial charge in [0.25, 0.3) is 0 Å². The minimum Gasteiger partial charge on any atom is -0.465 e. The first-order valence-electron chi connectivity index (χ1n) is 8.18. The molecule has 23 heavy (non-hydrogen) atoms. The van der Waals surface area contributed by atoms with Gasteiger partial charge in [0.1, 0.15) is 5.41 Å². The molecule has 120 valence electrons. The van der Waals surface area contributed by atoms with Gasteiger partial charge in [0.15, 0.2) is 0 Å². The molecule has 1 aromatic heterocycles. The summed E-state index contributed by atoms with van der Waals surface area (Å²) in [7, 11) is 0. The van der Waals surface area contributed by atoms with E-state index in [1.165, 1.54) is 5.56 Å². The lowest BCUT2D eigenvalue weighted by Crippen LogP contribution is -2.48. The number of aromatic amines is 1. The Morgan fingerprint density at radius 2 is 2.26 bits per heavy atom. The molecule has 5 heteroatoms. The number of fused-ring (bicyclic) bond motifs is 3.